The van der Waals surface area contributed by atoms with Gasteiger partial charge in [-0.1, -0.05) is 6.07 Å². The van der Waals surface area contributed by atoms with Crippen molar-refractivity contribution in [3.8, 4) is 0 Å². The van der Waals surface area contributed by atoms with Gasteiger partial charge in [0.1, 0.15) is 5.82 Å². The van der Waals surface area contributed by atoms with Gasteiger partial charge in [0.05, 0.1) is 5.69 Å². The maximum Gasteiger partial charge on any atom is 0.125 e. The van der Waals surface area contributed by atoms with E-state index in [1.54, 1.807) is 0 Å². The van der Waals surface area contributed by atoms with Crippen molar-refractivity contribution in [3.05, 3.63) is 54.0 Å². The fraction of sp³-hybridized carbons (Fsp3) is 0.375. The van der Waals surface area contributed by atoms with Gasteiger partial charge in [0.2, 0.25) is 0 Å². The first-order valence-corrected chi connectivity index (χ1v) is 7.14. The van der Waals surface area contributed by atoms with Crippen molar-refractivity contribution in [2.45, 2.75) is 25.4 Å². The van der Waals surface area contributed by atoms with Crippen LogP contribution in [0.2, 0.25) is 0 Å². The SMILES string of the molecule is CNc1cc([C@@H]2CCCN2Cc2ccccn2)ccn1. The minimum absolute atomic E-state index is 0.479. The lowest BCUT2D eigenvalue weighted by Gasteiger charge is -2.24. The molecule has 0 unspecified atom stereocenters. The number of rotatable bonds is 4. The minimum Gasteiger partial charge on any atom is -0.373 e. The van der Waals surface area contributed by atoms with Crippen LogP contribution in [0.5, 0.6) is 0 Å². The highest BCUT2D eigenvalue weighted by atomic mass is 15.2. The van der Waals surface area contributed by atoms with E-state index in [9.17, 15) is 0 Å². The summed E-state index contributed by atoms with van der Waals surface area (Å²) in [7, 11) is 1.91. The summed E-state index contributed by atoms with van der Waals surface area (Å²) in [4.78, 5) is 11.2. The van der Waals surface area contributed by atoms with Crippen LogP contribution in [0, 0.1) is 0 Å². The van der Waals surface area contributed by atoms with E-state index in [1.165, 1.54) is 18.4 Å². The molecule has 4 heteroatoms. The second kappa shape index (κ2) is 6.01. The molecule has 0 aliphatic carbocycles. The zero-order chi connectivity index (χ0) is 13.8. The van der Waals surface area contributed by atoms with Crippen molar-refractivity contribution in [1.29, 1.82) is 0 Å². The largest absolute Gasteiger partial charge is 0.373 e. The standard InChI is InChI=1S/C16H20N4/c1-17-16-11-13(7-9-19-16)15-6-4-10-20(15)12-14-5-2-3-8-18-14/h2-3,5,7-9,11,15H,4,6,10,12H2,1H3,(H,17,19)/t15-/m0/s1. The Bertz CT molecular complexity index is 555. The average Bonchev–Trinajstić information content (AvgIpc) is 2.96. The molecule has 104 valence electrons. The second-order valence-electron chi connectivity index (χ2n) is 5.17. The van der Waals surface area contributed by atoms with E-state index in [1.807, 2.05) is 25.5 Å². The van der Waals surface area contributed by atoms with Gasteiger partial charge in [0.25, 0.3) is 0 Å². The Morgan fingerprint density at radius 1 is 1.25 bits per heavy atom. The Balaban J connectivity index is 1.78. The van der Waals surface area contributed by atoms with Crippen LogP contribution >= 0.6 is 0 Å². The van der Waals surface area contributed by atoms with E-state index in [0.717, 1.165) is 24.6 Å². The number of likely N-dealkylation sites (tertiary alicyclic amines) is 1. The molecule has 1 aliphatic rings. The molecule has 20 heavy (non-hydrogen) atoms. The number of hydrogen-bond acceptors (Lipinski definition) is 4. The summed E-state index contributed by atoms with van der Waals surface area (Å²) in [6, 6.07) is 10.9. The van der Waals surface area contributed by atoms with Gasteiger partial charge in [-0.2, -0.15) is 0 Å². The molecule has 3 heterocycles. The lowest BCUT2D eigenvalue weighted by molar-refractivity contribution is 0.245. The van der Waals surface area contributed by atoms with Crippen LogP contribution in [-0.4, -0.2) is 28.5 Å². The van der Waals surface area contributed by atoms with Crippen LogP contribution in [0.4, 0.5) is 5.82 Å². The Morgan fingerprint density at radius 2 is 2.20 bits per heavy atom. The lowest BCUT2D eigenvalue weighted by Crippen LogP contribution is -2.23. The van der Waals surface area contributed by atoms with Crippen LogP contribution < -0.4 is 5.32 Å². The highest BCUT2D eigenvalue weighted by Crippen LogP contribution is 2.33. The molecule has 1 fully saturated rings. The molecule has 2 aromatic heterocycles. The van der Waals surface area contributed by atoms with Crippen molar-refractivity contribution in [1.82, 2.24) is 14.9 Å². The predicted octanol–water partition coefficient (Wildman–Crippen LogP) is 2.86. The number of nitrogens with zero attached hydrogens (tertiary/aromatic N) is 3. The Labute approximate surface area is 119 Å². The normalized spacial score (nSPS) is 19.1. The van der Waals surface area contributed by atoms with Gasteiger partial charge in [-0.05, 0) is 49.2 Å². The molecule has 1 saturated heterocycles. The van der Waals surface area contributed by atoms with Crippen LogP contribution in [0.25, 0.3) is 0 Å². The number of aromatic nitrogens is 2. The van der Waals surface area contributed by atoms with Gasteiger partial charge in [0, 0.05) is 32.0 Å². The van der Waals surface area contributed by atoms with E-state index < -0.39 is 0 Å². The van der Waals surface area contributed by atoms with Gasteiger partial charge < -0.3 is 5.32 Å². The summed E-state index contributed by atoms with van der Waals surface area (Å²) in [6.45, 7) is 2.06. The fourth-order valence-corrected chi connectivity index (χ4v) is 2.88. The number of nitrogens with one attached hydrogen (secondary N) is 1. The molecule has 1 N–H and O–H groups in total. The maximum atomic E-state index is 4.44. The van der Waals surface area contributed by atoms with Crippen molar-refractivity contribution < 1.29 is 0 Å². The molecule has 3 rings (SSSR count). The van der Waals surface area contributed by atoms with E-state index in [2.05, 4.69) is 44.5 Å². The molecule has 1 atom stereocenters. The smallest absolute Gasteiger partial charge is 0.125 e. The Hall–Kier alpha value is -1.94. The highest BCUT2D eigenvalue weighted by molar-refractivity contribution is 5.38. The first-order chi connectivity index (χ1) is 9.86. The number of anilines is 1. The topological polar surface area (TPSA) is 41.0 Å². The van der Waals surface area contributed by atoms with Gasteiger partial charge >= 0.3 is 0 Å². The van der Waals surface area contributed by atoms with Gasteiger partial charge in [-0.15, -0.1) is 0 Å². The van der Waals surface area contributed by atoms with Crippen molar-refractivity contribution >= 4 is 5.82 Å². The molecule has 4 nitrogen and oxygen atoms in total. The van der Waals surface area contributed by atoms with Crippen LogP contribution in [0.15, 0.2) is 42.7 Å². The fourth-order valence-electron chi connectivity index (χ4n) is 2.88. The molecular weight excluding hydrogens is 248 g/mol. The first kappa shape index (κ1) is 13.1. The molecular formula is C16H20N4. The zero-order valence-electron chi connectivity index (χ0n) is 11.8. The molecule has 0 saturated carbocycles. The summed E-state index contributed by atoms with van der Waals surface area (Å²) in [5, 5.41) is 3.11. The summed E-state index contributed by atoms with van der Waals surface area (Å²) in [6.07, 6.45) is 6.21. The lowest BCUT2D eigenvalue weighted by atomic mass is 10.1. The van der Waals surface area contributed by atoms with Crippen molar-refractivity contribution in [2.75, 3.05) is 18.9 Å². The minimum atomic E-state index is 0.479. The molecule has 0 bridgehead atoms. The summed E-state index contributed by atoms with van der Waals surface area (Å²) in [5.74, 6) is 0.937. The molecule has 0 aromatic carbocycles. The second-order valence-corrected chi connectivity index (χ2v) is 5.17. The van der Waals surface area contributed by atoms with Gasteiger partial charge in [0.15, 0.2) is 0 Å². The summed E-state index contributed by atoms with van der Waals surface area (Å²) >= 11 is 0. The van der Waals surface area contributed by atoms with E-state index in [4.69, 9.17) is 0 Å². The van der Waals surface area contributed by atoms with Crippen molar-refractivity contribution in [3.63, 3.8) is 0 Å². The molecule has 1 aliphatic heterocycles. The highest BCUT2D eigenvalue weighted by Gasteiger charge is 2.26. The third-order valence-electron chi connectivity index (χ3n) is 3.88. The molecule has 2 aromatic rings. The Kier molecular flexibility index (Phi) is 3.92. The monoisotopic (exact) mass is 268 g/mol. The van der Waals surface area contributed by atoms with Crippen LogP contribution in [0.1, 0.15) is 30.1 Å². The molecule has 0 amide bonds. The van der Waals surface area contributed by atoms with Gasteiger partial charge in [-0.3, -0.25) is 9.88 Å². The Morgan fingerprint density at radius 3 is 3.00 bits per heavy atom. The number of pyridine rings is 2. The third-order valence-corrected chi connectivity index (χ3v) is 3.88. The van der Waals surface area contributed by atoms with Crippen LogP contribution in [0.3, 0.4) is 0 Å². The quantitative estimate of drug-likeness (QED) is 0.925. The van der Waals surface area contributed by atoms with E-state index in [-0.39, 0.29) is 0 Å². The van der Waals surface area contributed by atoms with E-state index >= 15 is 0 Å². The summed E-state index contributed by atoms with van der Waals surface area (Å²) < 4.78 is 0. The zero-order valence-corrected chi connectivity index (χ0v) is 11.8. The molecule has 0 radical (unpaired) electrons. The molecule has 0 spiro atoms. The maximum absolute atomic E-state index is 4.44. The first-order valence-electron chi connectivity index (χ1n) is 7.14. The average molecular weight is 268 g/mol. The number of hydrogen-bond donors (Lipinski definition) is 1. The predicted molar refractivity (Wildman–Crippen MR) is 80.4 cm³/mol. The van der Waals surface area contributed by atoms with E-state index in [0.29, 0.717) is 6.04 Å². The third kappa shape index (κ3) is 2.80. The van der Waals surface area contributed by atoms with Crippen LogP contribution in [-0.2, 0) is 6.54 Å². The van der Waals surface area contributed by atoms with Gasteiger partial charge in [-0.25, -0.2) is 4.98 Å². The summed E-state index contributed by atoms with van der Waals surface area (Å²) in [5.41, 5.74) is 2.49. The van der Waals surface area contributed by atoms with Crippen molar-refractivity contribution in [2.24, 2.45) is 0 Å².